The average molecular weight is 501 g/mol. The number of imide groups is 2. The van der Waals surface area contributed by atoms with E-state index in [1.807, 2.05) is 51.1 Å². The van der Waals surface area contributed by atoms with Crippen LogP contribution in [-0.4, -0.2) is 30.6 Å². The van der Waals surface area contributed by atoms with Crippen LogP contribution in [0.1, 0.15) is 31.9 Å². The molecule has 8 heteroatoms. The predicted molar refractivity (Wildman–Crippen MR) is 140 cm³/mol. The van der Waals surface area contributed by atoms with Gasteiger partial charge in [-0.3, -0.25) is 14.9 Å². The second-order valence-corrected chi connectivity index (χ2v) is 8.53. The Balaban J connectivity index is 1.55. The fourth-order valence-corrected chi connectivity index (χ4v) is 3.72. The van der Waals surface area contributed by atoms with Crippen LogP contribution in [0.4, 0.5) is 10.5 Å². The third kappa shape index (κ3) is 6.16. The summed E-state index contributed by atoms with van der Waals surface area (Å²) in [4.78, 5) is 39.3. The van der Waals surface area contributed by atoms with Gasteiger partial charge in [0, 0.05) is 0 Å². The zero-order valence-corrected chi connectivity index (χ0v) is 20.9. The quantitative estimate of drug-likeness (QED) is 0.324. The van der Waals surface area contributed by atoms with Crippen LogP contribution in [0.5, 0.6) is 17.2 Å². The van der Waals surface area contributed by atoms with Crippen molar-refractivity contribution in [2.75, 3.05) is 11.5 Å². The van der Waals surface area contributed by atoms with E-state index >= 15 is 0 Å². The minimum absolute atomic E-state index is 0.0520. The van der Waals surface area contributed by atoms with Gasteiger partial charge in [0.2, 0.25) is 0 Å². The molecule has 190 valence electrons. The number of benzene rings is 3. The van der Waals surface area contributed by atoms with Crippen molar-refractivity contribution in [3.8, 4) is 17.2 Å². The highest BCUT2D eigenvalue weighted by Crippen LogP contribution is 2.31. The SMILES string of the molecule is CCOc1cc(/C=C2\C(=O)NC(=O)N(c3ccc(OCc4ccccc4)cc3)C2=O)ccc1OC(C)C. The van der Waals surface area contributed by atoms with Crippen LogP contribution < -0.4 is 24.4 Å². The van der Waals surface area contributed by atoms with Gasteiger partial charge in [-0.1, -0.05) is 36.4 Å². The zero-order valence-electron chi connectivity index (χ0n) is 20.9. The number of barbiturate groups is 1. The summed E-state index contributed by atoms with van der Waals surface area (Å²) in [6.07, 6.45) is 1.37. The Hall–Kier alpha value is -4.59. The molecule has 0 radical (unpaired) electrons. The lowest BCUT2D eigenvalue weighted by Gasteiger charge is -2.26. The largest absolute Gasteiger partial charge is 0.490 e. The molecule has 8 nitrogen and oxygen atoms in total. The van der Waals surface area contributed by atoms with Crippen molar-refractivity contribution in [3.63, 3.8) is 0 Å². The van der Waals surface area contributed by atoms with Gasteiger partial charge in [-0.25, -0.2) is 9.69 Å². The topological polar surface area (TPSA) is 94.2 Å². The lowest BCUT2D eigenvalue weighted by molar-refractivity contribution is -0.122. The number of nitrogens with zero attached hydrogens (tertiary/aromatic N) is 1. The van der Waals surface area contributed by atoms with E-state index in [2.05, 4.69) is 5.32 Å². The molecule has 1 fully saturated rings. The fourth-order valence-electron chi connectivity index (χ4n) is 3.72. The van der Waals surface area contributed by atoms with Crippen molar-refractivity contribution >= 4 is 29.6 Å². The minimum Gasteiger partial charge on any atom is -0.490 e. The minimum atomic E-state index is -0.819. The molecule has 0 unspecified atom stereocenters. The summed E-state index contributed by atoms with van der Waals surface area (Å²) < 4.78 is 17.2. The van der Waals surface area contributed by atoms with Crippen molar-refractivity contribution in [2.24, 2.45) is 0 Å². The first kappa shape index (κ1) is 25.5. The van der Waals surface area contributed by atoms with Crippen molar-refractivity contribution in [1.29, 1.82) is 0 Å². The molecule has 1 aliphatic heterocycles. The molecule has 1 heterocycles. The summed E-state index contributed by atoms with van der Waals surface area (Å²) in [5.74, 6) is 0.135. The number of hydrogen-bond donors (Lipinski definition) is 1. The Morgan fingerprint density at radius 1 is 0.892 bits per heavy atom. The summed E-state index contributed by atoms with van der Waals surface area (Å²) in [5, 5.41) is 2.24. The second-order valence-electron chi connectivity index (χ2n) is 8.53. The molecule has 0 aliphatic carbocycles. The highest BCUT2D eigenvalue weighted by Gasteiger charge is 2.36. The van der Waals surface area contributed by atoms with E-state index in [1.165, 1.54) is 6.08 Å². The third-order valence-corrected chi connectivity index (χ3v) is 5.39. The van der Waals surface area contributed by atoms with E-state index in [-0.39, 0.29) is 11.7 Å². The number of urea groups is 1. The molecule has 0 atom stereocenters. The lowest BCUT2D eigenvalue weighted by atomic mass is 10.1. The molecule has 1 N–H and O–H groups in total. The van der Waals surface area contributed by atoms with Crippen molar-refractivity contribution < 1.29 is 28.6 Å². The van der Waals surface area contributed by atoms with Crippen LogP contribution >= 0.6 is 0 Å². The monoisotopic (exact) mass is 500 g/mol. The number of anilines is 1. The number of ether oxygens (including phenoxy) is 3. The maximum absolute atomic E-state index is 13.3. The van der Waals surface area contributed by atoms with E-state index < -0.39 is 17.8 Å². The summed E-state index contributed by atoms with van der Waals surface area (Å²) in [6.45, 7) is 6.47. The van der Waals surface area contributed by atoms with E-state index in [4.69, 9.17) is 14.2 Å². The molecule has 0 bridgehead atoms. The Labute approximate surface area is 215 Å². The van der Waals surface area contributed by atoms with Gasteiger partial charge in [-0.05, 0) is 74.4 Å². The van der Waals surface area contributed by atoms with Crippen LogP contribution in [0.15, 0.2) is 78.4 Å². The Kier molecular flexibility index (Phi) is 7.88. The van der Waals surface area contributed by atoms with Gasteiger partial charge >= 0.3 is 6.03 Å². The van der Waals surface area contributed by atoms with Crippen molar-refractivity contribution in [3.05, 3.63) is 89.5 Å². The molecular weight excluding hydrogens is 472 g/mol. The normalized spacial score (nSPS) is 14.6. The number of amides is 4. The molecule has 1 aliphatic rings. The van der Waals surface area contributed by atoms with Crippen molar-refractivity contribution in [2.45, 2.75) is 33.5 Å². The van der Waals surface area contributed by atoms with E-state index in [9.17, 15) is 14.4 Å². The first-order chi connectivity index (χ1) is 17.9. The highest BCUT2D eigenvalue weighted by molar-refractivity contribution is 6.39. The molecule has 0 spiro atoms. The van der Waals surface area contributed by atoms with Crippen LogP contribution in [0.3, 0.4) is 0 Å². The van der Waals surface area contributed by atoms with Crippen LogP contribution in [0.25, 0.3) is 6.08 Å². The van der Waals surface area contributed by atoms with E-state index in [1.54, 1.807) is 42.5 Å². The number of rotatable bonds is 9. The van der Waals surface area contributed by atoms with Crippen LogP contribution in [0, 0.1) is 0 Å². The van der Waals surface area contributed by atoms with E-state index in [0.29, 0.717) is 41.7 Å². The average Bonchev–Trinajstić information content (AvgIpc) is 2.88. The standard InChI is InChI=1S/C29H28N2O6/c1-4-35-26-17-21(10-15-25(26)37-19(2)3)16-24-27(32)30-29(34)31(28(24)33)22-11-13-23(14-12-22)36-18-20-8-6-5-7-9-20/h5-17,19H,4,18H2,1-3H3,(H,30,32,34)/b24-16+. The molecule has 0 saturated carbocycles. The van der Waals surface area contributed by atoms with Crippen molar-refractivity contribution in [1.82, 2.24) is 5.32 Å². The fraction of sp³-hybridized carbons (Fsp3) is 0.207. The first-order valence-corrected chi connectivity index (χ1v) is 12.0. The van der Waals surface area contributed by atoms with Gasteiger partial charge in [-0.2, -0.15) is 0 Å². The van der Waals surface area contributed by atoms with Gasteiger partial charge in [0.05, 0.1) is 18.4 Å². The summed E-state index contributed by atoms with van der Waals surface area (Å²) in [6, 6.07) is 20.5. The Morgan fingerprint density at radius 3 is 2.30 bits per heavy atom. The molecule has 37 heavy (non-hydrogen) atoms. The Morgan fingerprint density at radius 2 is 1.62 bits per heavy atom. The lowest BCUT2D eigenvalue weighted by Crippen LogP contribution is -2.54. The summed E-state index contributed by atoms with van der Waals surface area (Å²) in [7, 11) is 0. The van der Waals surface area contributed by atoms with Gasteiger partial charge in [0.15, 0.2) is 11.5 Å². The maximum Gasteiger partial charge on any atom is 0.335 e. The number of carbonyl (C=O) groups excluding carboxylic acids is 3. The molecule has 1 saturated heterocycles. The summed E-state index contributed by atoms with van der Waals surface area (Å²) in [5.41, 5.74) is 1.70. The third-order valence-electron chi connectivity index (χ3n) is 5.39. The van der Waals surface area contributed by atoms with Gasteiger partial charge < -0.3 is 14.2 Å². The van der Waals surface area contributed by atoms with E-state index in [0.717, 1.165) is 10.5 Å². The van der Waals surface area contributed by atoms with Crippen LogP contribution in [-0.2, 0) is 16.2 Å². The molecule has 4 amide bonds. The second kappa shape index (κ2) is 11.4. The van der Waals surface area contributed by atoms with Gasteiger partial charge in [0.1, 0.15) is 17.9 Å². The maximum atomic E-state index is 13.3. The molecule has 3 aromatic rings. The van der Waals surface area contributed by atoms with Gasteiger partial charge in [-0.15, -0.1) is 0 Å². The molecular formula is C29H28N2O6. The number of nitrogens with one attached hydrogen (secondary N) is 1. The molecule has 3 aromatic carbocycles. The van der Waals surface area contributed by atoms with Gasteiger partial charge in [0.25, 0.3) is 11.8 Å². The predicted octanol–water partition coefficient (Wildman–Crippen LogP) is 5.12. The Bertz CT molecular complexity index is 1320. The number of hydrogen-bond acceptors (Lipinski definition) is 6. The molecule has 0 aromatic heterocycles. The first-order valence-electron chi connectivity index (χ1n) is 12.0. The van der Waals surface area contributed by atoms with Crippen LogP contribution in [0.2, 0.25) is 0 Å². The smallest absolute Gasteiger partial charge is 0.335 e. The number of carbonyl (C=O) groups is 3. The summed E-state index contributed by atoms with van der Waals surface area (Å²) >= 11 is 0. The molecule has 4 rings (SSSR count). The zero-order chi connectivity index (χ0) is 26.4. The highest BCUT2D eigenvalue weighted by atomic mass is 16.5.